The van der Waals surface area contributed by atoms with E-state index in [9.17, 15) is 19.4 Å². The number of hydrogen-bond donors (Lipinski definition) is 2. The zero-order valence-corrected chi connectivity index (χ0v) is 20.8. The Labute approximate surface area is 212 Å². The van der Waals surface area contributed by atoms with Crippen LogP contribution < -0.4 is 4.74 Å². The first kappa shape index (κ1) is 25.4. The molecule has 3 heterocycles. The summed E-state index contributed by atoms with van der Waals surface area (Å²) in [5.41, 5.74) is 1.28. The van der Waals surface area contributed by atoms with Crippen molar-refractivity contribution in [2.45, 2.75) is 25.4 Å². The molecule has 0 amide bonds. The number of carboxylic acid groups (broad SMARTS) is 1. The molecular weight excluding hydrogens is 491 g/mol. The van der Waals surface area contributed by atoms with E-state index in [0.717, 1.165) is 16.7 Å². The Morgan fingerprint density at radius 1 is 1.40 bits per heavy atom. The number of nitrogens with zero attached hydrogens (tertiary/aromatic N) is 2. The number of pyridine rings is 1. The average Bonchev–Trinajstić information content (AvgIpc) is 3.27. The highest BCUT2D eigenvalue weighted by Crippen LogP contribution is 2.36. The lowest BCUT2D eigenvalue weighted by Gasteiger charge is -2.36. The van der Waals surface area contributed by atoms with Gasteiger partial charge in [0.05, 0.1) is 41.1 Å². The Kier molecular flexibility index (Phi) is 8.24. The number of fused-ring (bicyclic) bond motifs is 1. The molecule has 35 heavy (non-hydrogen) atoms. The molecule has 9 heteroatoms. The van der Waals surface area contributed by atoms with E-state index in [1.54, 1.807) is 25.3 Å². The zero-order valence-electron chi connectivity index (χ0n) is 19.2. The molecule has 6 nitrogen and oxygen atoms in total. The van der Waals surface area contributed by atoms with Crippen LogP contribution in [0.3, 0.4) is 0 Å². The van der Waals surface area contributed by atoms with Gasteiger partial charge in [0.15, 0.2) is 5.13 Å². The summed E-state index contributed by atoms with van der Waals surface area (Å²) in [6.07, 6.45) is 2.30. The van der Waals surface area contributed by atoms with Gasteiger partial charge < -0.3 is 14.9 Å². The van der Waals surface area contributed by atoms with Crippen molar-refractivity contribution in [1.29, 1.82) is 0 Å². The minimum atomic E-state index is -0.857. The van der Waals surface area contributed by atoms with E-state index in [0.29, 0.717) is 65.6 Å². The number of carbonyl (C=O) groups is 1. The molecule has 0 spiro atoms. The number of aliphatic hydroxyl groups is 1. The van der Waals surface area contributed by atoms with Gasteiger partial charge in [0, 0.05) is 23.7 Å². The summed E-state index contributed by atoms with van der Waals surface area (Å²) in [5, 5.41) is 21.7. The van der Waals surface area contributed by atoms with Gasteiger partial charge in [-0.25, -0.2) is 0 Å². The third kappa shape index (κ3) is 6.11. The molecule has 1 aliphatic rings. The molecule has 1 fully saturated rings. The van der Waals surface area contributed by atoms with Crippen molar-refractivity contribution in [3.05, 3.63) is 57.1 Å². The highest BCUT2D eigenvalue weighted by Gasteiger charge is 2.34. The fourth-order valence-corrected chi connectivity index (χ4v) is 5.49. The van der Waals surface area contributed by atoms with Gasteiger partial charge in [-0.05, 0) is 62.1 Å². The highest BCUT2D eigenvalue weighted by atomic mass is 35.5. The quantitative estimate of drug-likeness (QED) is 0.431. The molecule has 4 rings (SSSR count). The lowest BCUT2D eigenvalue weighted by Crippen LogP contribution is -2.44. The number of piperidine rings is 1. The summed E-state index contributed by atoms with van der Waals surface area (Å²) in [4.78, 5) is 19.0. The van der Waals surface area contributed by atoms with Crippen LogP contribution in [0, 0.1) is 28.8 Å². The number of rotatable bonds is 7. The molecule has 0 saturated carbocycles. The van der Waals surface area contributed by atoms with Crippen LogP contribution in [0.4, 0.5) is 4.39 Å². The first-order chi connectivity index (χ1) is 16.9. The number of thiophene rings is 1. The van der Waals surface area contributed by atoms with E-state index >= 15 is 0 Å². The number of likely N-dealkylation sites (tertiary alicyclic amines) is 1. The second kappa shape index (κ2) is 11.4. The number of aliphatic hydroxyl groups excluding tert-OH is 1. The molecule has 0 bridgehead atoms. The normalized spacial score (nSPS) is 19.2. The van der Waals surface area contributed by atoms with Crippen molar-refractivity contribution < 1.29 is 24.1 Å². The summed E-state index contributed by atoms with van der Waals surface area (Å²) in [6.45, 7) is 1.53. The van der Waals surface area contributed by atoms with E-state index in [4.69, 9.17) is 16.3 Å². The molecule has 2 N–H and O–H groups in total. The SMILES string of the molecule is COc1ccc2ncc(Cl)c(C(O)CCC3CCN(CC#Cc4ccc(F)s4)CC3C(=O)O)c2c1. The summed E-state index contributed by atoms with van der Waals surface area (Å²) in [5.74, 6) is 5.12. The van der Waals surface area contributed by atoms with Crippen LogP contribution in [0.15, 0.2) is 36.5 Å². The molecular formula is C26H26ClFN2O4S. The molecule has 0 aliphatic carbocycles. The Morgan fingerprint density at radius 2 is 2.23 bits per heavy atom. The van der Waals surface area contributed by atoms with Crippen LogP contribution in [0.5, 0.6) is 5.75 Å². The van der Waals surface area contributed by atoms with Gasteiger partial charge in [0.1, 0.15) is 5.75 Å². The number of aliphatic carboxylic acids is 1. The third-order valence-electron chi connectivity index (χ3n) is 6.46. The Balaban J connectivity index is 1.41. The number of carboxylic acids is 1. The maximum atomic E-state index is 13.1. The second-order valence-electron chi connectivity index (χ2n) is 8.63. The first-order valence-corrected chi connectivity index (χ1v) is 12.5. The fourth-order valence-electron chi connectivity index (χ4n) is 4.61. The van der Waals surface area contributed by atoms with Crippen LogP contribution in [-0.2, 0) is 4.79 Å². The molecule has 2 aromatic heterocycles. The predicted molar refractivity (Wildman–Crippen MR) is 134 cm³/mol. The largest absolute Gasteiger partial charge is 0.497 e. The fraction of sp³-hybridized carbons (Fsp3) is 0.385. The Bertz CT molecular complexity index is 1270. The molecule has 184 valence electrons. The minimum absolute atomic E-state index is 0.0702. The van der Waals surface area contributed by atoms with E-state index in [1.807, 2.05) is 11.0 Å². The van der Waals surface area contributed by atoms with Crippen molar-refractivity contribution in [3.8, 4) is 17.6 Å². The highest BCUT2D eigenvalue weighted by molar-refractivity contribution is 7.10. The summed E-state index contributed by atoms with van der Waals surface area (Å²) >= 11 is 7.40. The molecule has 1 aliphatic heterocycles. The lowest BCUT2D eigenvalue weighted by molar-refractivity contribution is -0.146. The third-order valence-corrected chi connectivity index (χ3v) is 7.55. The van der Waals surface area contributed by atoms with Crippen molar-refractivity contribution in [3.63, 3.8) is 0 Å². The predicted octanol–water partition coefficient (Wildman–Crippen LogP) is 4.99. The monoisotopic (exact) mass is 516 g/mol. The van der Waals surface area contributed by atoms with Crippen LogP contribution in [-0.4, -0.2) is 52.8 Å². The zero-order chi connectivity index (χ0) is 24.9. The number of methoxy groups -OCH3 is 1. The van der Waals surface area contributed by atoms with Crippen molar-refractivity contribution in [1.82, 2.24) is 9.88 Å². The number of aromatic nitrogens is 1. The first-order valence-electron chi connectivity index (χ1n) is 11.3. The van der Waals surface area contributed by atoms with Gasteiger partial charge in [-0.2, -0.15) is 4.39 Å². The minimum Gasteiger partial charge on any atom is -0.497 e. The summed E-state index contributed by atoms with van der Waals surface area (Å²) < 4.78 is 18.4. The van der Waals surface area contributed by atoms with E-state index in [1.165, 1.54) is 12.3 Å². The topological polar surface area (TPSA) is 82.9 Å². The number of ether oxygens (including phenoxy) is 1. The second-order valence-corrected chi connectivity index (χ2v) is 10.1. The van der Waals surface area contributed by atoms with Crippen molar-refractivity contribution in [2.24, 2.45) is 11.8 Å². The van der Waals surface area contributed by atoms with Gasteiger partial charge in [0.2, 0.25) is 0 Å². The van der Waals surface area contributed by atoms with Gasteiger partial charge in [0.25, 0.3) is 0 Å². The maximum Gasteiger partial charge on any atom is 0.308 e. The standard InChI is InChI=1S/C26H26ClFN2O4S/c1-34-17-5-7-22-19(13-17)25(21(27)14-29-22)23(31)8-4-16-10-12-30(15-20(16)26(32)33)11-2-3-18-6-9-24(28)35-18/h5-7,9,13-14,16,20,23,31H,4,8,10-12,15H2,1H3,(H,32,33). The molecule has 3 unspecified atom stereocenters. The van der Waals surface area contributed by atoms with Gasteiger partial charge >= 0.3 is 5.97 Å². The van der Waals surface area contributed by atoms with Crippen LogP contribution in [0.2, 0.25) is 5.02 Å². The number of hydrogen-bond acceptors (Lipinski definition) is 6. The average molecular weight is 517 g/mol. The number of benzene rings is 1. The summed E-state index contributed by atoms with van der Waals surface area (Å²) in [6, 6.07) is 8.44. The molecule has 1 saturated heterocycles. The molecule has 3 aromatic rings. The molecule has 0 radical (unpaired) electrons. The van der Waals surface area contributed by atoms with E-state index in [-0.39, 0.29) is 11.0 Å². The van der Waals surface area contributed by atoms with Crippen LogP contribution in [0.25, 0.3) is 10.9 Å². The maximum absolute atomic E-state index is 13.1. The van der Waals surface area contributed by atoms with Crippen LogP contribution >= 0.6 is 22.9 Å². The van der Waals surface area contributed by atoms with Crippen molar-refractivity contribution in [2.75, 3.05) is 26.7 Å². The summed E-state index contributed by atoms with van der Waals surface area (Å²) in [7, 11) is 1.57. The van der Waals surface area contributed by atoms with E-state index in [2.05, 4.69) is 16.8 Å². The van der Waals surface area contributed by atoms with Gasteiger partial charge in [-0.1, -0.05) is 34.8 Å². The van der Waals surface area contributed by atoms with E-state index < -0.39 is 18.0 Å². The lowest BCUT2D eigenvalue weighted by atomic mass is 9.81. The van der Waals surface area contributed by atoms with Gasteiger partial charge in [-0.3, -0.25) is 14.7 Å². The molecule has 1 aromatic carbocycles. The van der Waals surface area contributed by atoms with Gasteiger partial charge in [-0.15, -0.1) is 0 Å². The molecule has 3 atom stereocenters. The van der Waals surface area contributed by atoms with Crippen LogP contribution in [0.1, 0.15) is 35.8 Å². The smallest absolute Gasteiger partial charge is 0.308 e. The Morgan fingerprint density at radius 3 is 2.94 bits per heavy atom. The Hall–Kier alpha value is -2.70. The van der Waals surface area contributed by atoms with Crippen molar-refractivity contribution >= 4 is 39.8 Å². The number of halogens is 2.